The highest BCUT2D eigenvalue weighted by atomic mass is 19.4. The molecule has 0 saturated carbocycles. The van der Waals surface area contributed by atoms with E-state index in [0.717, 1.165) is 6.07 Å². The molecule has 0 aliphatic carbocycles. The van der Waals surface area contributed by atoms with Gasteiger partial charge in [0.1, 0.15) is 5.69 Å². The summed E-state index contributed by atoms with van der Waals surface area (Å²) in [4.78, 5) is 14.5. The number of pyridine rings is 1. The van der Waals surface area contributed by atoms with E-state index in [9.17, 15) is 36.2 Å². The molecule has 0 aliphatic heterocycles. The number of rotatable bonds is 4. The van der Waals surface area contributed by atoms with Crippen LogP contribution < -0.4 is 0 Å². The number of carbonyl (C=O) groups is 1. The van der Waals surface area contributed by atoms with E-state index >= 15 is 0 Å². The van der Waals surface area contributed by atoms with Crippen molar-refractivity contribution in [2.75, 3.05) is 0 Å². The zero-order valence-corrected chi connectivity index (χ0v) is 15.8. The van der Waals surface area contributed by atoms with Crippen molar-refractivity contribution < 1.29 is 36.2 Å². The summed E-state index contributed by atoms with van der Waals surface area (Å²) in [5.41, 5.74) is -2.75. The number of alkyl halides is 6. The van der Waals surface area contributed by atoms with Gasteiger partial charge in [-0.3, -0.25) is 4.79 Å². The maximum Gasteiger partial charge on any atom is 0.433 e. The first kappa shape index (κ1) is 21.8. The number of aldehydes is 1. The van der Waals surface area contributed by atoms with Gasteiger partial charge in [-0.1, -0.05) is 12.1 Å². The van der Waals surface area contributed by atoms with Gasteiger partial charge in [-0.2, -0.15) is 26.3 Å². The summed E-state index contributed by atoms with van der Waals surface area (Å²) in [6.45, 7) is 2.97. The van der Waals surface area contributed by atoms with Gasteiger partial charge in [0.05, 0.1) is 29.4 Å². The van der Waals surface area contributed by atoms with E-state index in [1.165, 1.54) is 10.6 Å². The van der Waals surface area contributed by atoms with E-state index in [-0.39, 0.29) is 23.2 Å². The average Bonchev–Trinajstić information content (AvgIpc) is 2.91. The third-order valence-corrected chi connectivity index (χ3v) is 4.84. The molecule has 0 fully saturated rings. The summed E-state index contributed by atoms with van der Waals surface area (Å²) < 4.78 is 81.4. The molecule has 0 radical (unpaired) electrons. The number of fused-ring (bicyclic) bond motifs is 1. The first-order valence-electron chi connectivity index (χ1n) is 8.72. The van der Waals surface area contributed by atoms with Crippen molar-refractivity contribution in [3.05, 3.63) is 64.1 Å². The van der Waals surface area contributed by atoms with Gasteiger partial charge in [0, 0.05) is 11.1 Å². The Hall–Kier alpha value is -2.88. The maximum atomic E-state index is 13.4. The number of hydrogen-bond donors (Lipinski definition) is 1. The molecule has 160 valence electrons. The molecule has 4 nitrogen and oxygen atoms in total. The molecular weight excluding hydrogens is 414 g/mol. The van der Waals surface area contributed by atoms with Crippen LogP contribution in [0.2, 0.25) is 0 Å². The molecule has 1 unspecified atom stereocenters. The number of carbonyl (C=O) groups excluding carboxylic acids is 1. The third kappa shape index (κ3) is 3.91. The van der Waals surface area contributed by atoms with Crippen molar-refractivity contribution in [2.45, 2.75) is 38.8 Å². The van der Waals surface area contributed by atoms with Gasteiger partial charge < -0.3 is 9.67 Å². The molecule has 0 bridgehead atoms. The Morgan fingerprint density at radius 3 is 2.33 bits per heavy atom. The normalized spacial score (nSPS) is 13.6. The van der Waals surface area contributed by atoms with E-state index in [0.29, 0.717) is 29.7 Å². The van der Waals surface area contributed by atoms with E-state index < -0.39 is 35.2 Å². The van der Waals surface area contributed by atoms with Gasteiger partial charge in [0.15, 0.2) is 6.29 Å². The summed E-state index contributed by atoms with van der Waals surface area (Å²) in [6, 6.07) is 5.04. The second kappa shape index (κ2) is 7.42. The Kier molecular flexibility index (Phi) is 5.40. The molecule has 0 saturated heterocycles. The number of aliphatic hydroxyl groups excluding tert-OH is 1. The Bertz CT molecular complexity index is 1120. The number of para-hydroxylation sites is 1. The lowest BCUT2D eigenvalue weighted by Crippen LogP contribution is -2.17. The molecule has 0 amide bonds. The lowest BCUT2D eigenvalue weighted by atomic mass is 9.99. The van der Waals surface area contributed by atoms with E-state index in [2.05, 4.69) is 4.98 Å². The van der Waals surface area contributed by atoms with Crippen LogP contribution >= 0.6 is 0 Å². The van der Waals surface area contributed by atoms with Crippen LogP contribution in [0, 0.1) is 13.8 Å². The van der Waals surface area contributed by atoms with Crippen molar-refractivity contribution in [3.8, 4) is 0 Å². The monoisotopic (exact) mass is 430 g/mol. The fourth-order valence-corrected chi connectivity index (χ4v) is 3.46. The van der Waals surface area contributed by atoms with E-state index in [4.69, 9.17) is 0 Å². The number of aryl methyl sites for hydroxylation is 2. The van der Waals surface area contributed by atoms with Gasteiger partial charge in [-0.25, -0.2) is 4.98 Å². The number of benzene rings is 1. The fourth-order valence-electron chi connectivity index (χ4n) is 3.46. The minimum atomic E-state index is -5.02. The summed E-state index contributed by atoms with van der Waals surface area (Å²) in [7, 11) is 0. The largest absolute Gasteiger partial charge is 0.433 e. The van der Waals surface area contributed by atoms with Crippen LogP contribution in [0.5, 0.6) is 0 Å². The Morgan fingerprint density at radius 2 is 1.77 bits per heavy atom. The van der Waals surface area contributed by atoms with Crippen molar-refractivity contribution in [1.29, 1.82) is 0 Å². The summed E-state index contributed by atoms with van der Waals surface area (Å²) in [5.74, 6) is 0. The lowest BCUT2D eigenvalue weighted by Gasteiger charge is -2.20. The first-order valence-corrected chi connectivity index (χ1v) is 8.72. The fraction of sp³-hybridized carbons (Fsp3) is 0.300. The van der Waals surface area contributed by atoms with Crippen molar-refractivity contribution >= 4 is 17.2 Å². The first-order chi connectivity index (χ1) is 13.8. The van der Waals surface area contributed by atoms with Crippen molar-refractivity contribution in [1.82, 2.24) is 9.55 Å². The van der Waals surface area contributed by atoms with Crippen LogP contribution in [0.3, 0.4) is 0 Å². The quantitative estimate of drug-likeness (QED) is 0.455. The van der Waals surface area contributed by atoms with E-state index in [1.807, 2.05) is 0 Å². The maximum absolute atomic E-state index is 13.4. The van der Waals surface area contributed by atoms with Crippen LogP contribution in [-0.2, 0) is 18.9 Å². The van der Waals surface area contributed by atoms with Gasteiger partial charge in [-0.15, -0.1) is 0 Å². The highest BCUT2D eigenvalue weighted by Gasteiger charge is 2.38. The highest BCUT2D eigenvalue weighted by molar-refractivity contribution is 5.86. The molecule has 0 spiro atoms. The highest BCUT2D eigenvalue weighted by Crippen LogP contribution is 2.39. The van der Waals surface area contributed by atoms with Gasteiger partial charge in [0.25, 0.3) is 0 Å². The number of aliphatic hydroxyl groups is 1. The van der Waals surface area contributed by atoms with Crippen molar-refractivity contribution in [3.63, 3.8) is 0 Å². The molecule has 3 rings (SSSR count). The standard InChI is InChI=1S/C20H16F6N2O2/c1-10-6-11(2)28(15(10)9-29)8-16(30)13-7-17(20(24,25)26)27-18-12(13)4-3-5-14(18)19(21,22)23/h3-7,9,16,30H,8H2,1-2H3. The van der Waals surface area contributed by atoms with Gasteiger partial charge in [0.2, 0.25) is 0 Å². The zero-order valence-electron chi connectivity index (χ0n) is 15.8. The molecule has 1 N–H and O–H groups in total. The third-order valence-electron chi connectivity index (χ3n) is 4.84. The SMILES string of the molecule is Cc1cc(C)n(CC(O)c2cc(C(F)(F)F)nc3c(C(F)(F)F)cccc23)c1C=O. The van der Waals surface area contributed by atoms with Gasteiger partial charge in [-0.05, 0) is 43.2 Å². The van der Waals surface area contributed by atoms with Gasteiger partial charge >= 0.3 is 12.4 Å². The molecule has 1 aromatic carbocycles. The van der Waals surface area contributed by atoms with E-state index in [1.54, 1.807) is 19.9 Å². The Labute approximate surface area is 166 Å². The summed E-state index contributed by atoms with van der Waals surface area (Å²) >= 11 is 0. The number of hydrogen-bond acceptors (Lipinski definition) is 3. The van der Waals surface area contributed by atoms with Crippen LogP contribution in [0.15, 0.2) is 30.3 Å². The predicted molar refractivity (Wildman–Crippen MR) is 96.0 cm³/mol. The summed E-state index contributed by atoms with van der Waals surface area (Å²) in [6.07, 6.45) is -11.0. The molecular formula is C20H16F6N2O2. The minimum Gasteiger partial charge on any atom is -0.387 e. The van der Waals surface area contributed by atoms with Crippen LogP contribution in [0.4, 0.5) is 26.3 Å². The summed E-state index contributed by atoms with van der Waals surface area (Å²) in [5, 5.41) is 10.4. The number of halogens is 6. The molecule has 2 aromatic heterocycles. The smallest absolute Gasteiger partial charge is 0.387 e. The molecule has 3 aromatic rings. The minimum absolute atomic E-state index is 0.219. The molecule has 1 atom stereocenters. The number of aromatic nitrogens is 2. The second-order valence-corrected chi connectivity index (χ2v) is 6.89. The molecule has 30 heavy (non-hydrogen) atoms. The van der Waals surface area contributed by atoms with Crippen LogP contribution in [0.25, 0.3) is 10.9 Å². The van der Waals surface area contributed by atoms with Crippen LogP contribution in [-0.4, -0.2) is 20.9 Å². The second-order valence-electron chi connectivity index (χ2n) is 6.89. The topological polar surface area (TPSA) is 55.1 Å². The average molecular weight is 430 g/mol. The Balaban J connectivity index is 2.23. The number of nitrogens with zero attached hydrogens (tertiary/aromatic N) is 2. The molecule has 0 aliphatic rings. The Morgan fingerprint density at radius 1 is 1.10 bits per heavy atom. The molecule has 10 heteroatoms. The lowest BCUT2D eigenvalue weighted by molar-refractivity contribution is -0.142. The van der Waals surface area contributed by atoms with Crippen LogP contribution in [0.1, 0.15) is 44.7 Å². The van der Waals surface area contributed by atoms with Crippen molar-refractivity contribution in [2.24, 2.45) is 0 Å². The predicted octanol–water partition coefficient (Wildman–Crippen LogP) is 5.24. The molecule has 2 heterocycles. The zero-order chi connectivity index (χ0) is 22.4.